The zero-order valence-electron chi connectivity index (χ0n) is 9.60. The van der Waals surface area contributed by atoms with Crippen molar-refractivity contribution in [1.29, 1.82) is 0 Å². The lowest BCUT2D eigenvalue weighted by Crippen LogP contribution is -2.11. The van der Waals surface area contributed by atoms with Gasteiger partial charge in [0, 0.05) is 6.54 Å². The Hall–Kier alpha value is -2.15. The predicted molar refractivity (Wildman–Crippen MR) is 59.9 cm³/mol. The molecule has 0 atom stereocenters. The Kier molecular flexibility index (Phi) is 3.42. The van der Waals surface area contributed by atoms with Gasteiger partial charge in [-0.25, -0.2) is 9.18 Å². The van der Waals surface area contributed by atoms with Gasteiger partial charge in [-0.05, 0) is 17.3 Å². The highest BCUT2D eigenvalue weighted by atomic mass is 19.1. The highest BCUT2D eigenvalue weighted by Gasteiger charge is 2.23. The number of rotatable bonds is 4. The largest absolute Gasteiger partial charge is 0.474 e. The van der Waals surface area contributed by atoms with Crippen LogP contribution in [0.4, 0.5) is 4.39 Å². The summed E-state index contributed by atoms with van der Waals surface area (Å²) < 4.78 is 28.4. The number of nitrogens with two attached hydrogens (primary N) is 1. The molecular weight excluding hydrogens is 243 g/mol. The topological polar surface area (TPSA) is 87.6 Å². The molecule has 0 fully saturated rings. The van der Waals surface area contributed by atoms with E-state index >= 15 is 0 Å². The standard InChI is InChI=1S/C11H11FN2O4/c1-16-11(15)8-6(12)2-3-7-9(8)10(14-18-7)17-5-4-13/h2-3H,4-5,13H2,1H3. The first-order valence-corrected chi connectivity index (χ1v) is 5.18. The van der Waals surface area contributed by atoms with E-state index in [9.17, 15) is 9.18 Å². The second-order valence-electron chi connectivity index (χ2n) is 3.41. The van der Waals surface area contributed by atoms with Crippen molar-refractivity contribution >= 4 is 16.9 Å². The summed E-state index contributed by atoms with van der Waals surface area (Å²) in [4.78, 5) is 11.6. The number of fused-ring (bicyclic) bond motifs is 1. The van der Waals surface area contributed by atoms with Crippen molar-refractivity contribution in [2.75, 3.05) is 20.3 Å². The van der Waals surface area contributed by atoms with Gasteiger partial charge < -0.3 is 19.7 Å². The molecule has 0 bridgehead atoms. The molecule has 1 aromatic carbocycles. The minimum absolute atomic E-state index is 0.0235. The minimum Gasteiger partial charge on any atom is -0.474 e. The third-order valence-corrected chi connectivity index (χ3v) is 2.30. The normalized spacial score (nSPS) is 10.6. The Morgan fingerprint density at radius 3 is 3.00 bits per heavy atom. The summed E-state index contributed by atoms with van der Waals surface area (Å²) in [6.45, 7) is 0.440. The van der Waals surface area contributed by atoms with Crippen LogP contribution in [-0.4, -0.2) is 31.4 Å². The molecule has 96 valence electrons. The molecule has 1 aromatic heterocycles. The summed E-state index contributed by atoms with van der Waals surface area (Å²) >= 11 is 0. The van der Waals surface area contributed by atoms with Gasteiger partial charge in [0.1, 0.15) is 23.4 Å². The van der Waals surface area contributed by atoms with Gasteiger partial charge in [0.2, 0.25) is 0 Å². The lowest BCUT2D eigenvalue weighted by Gasteiger charge is -2.04. The first kappa shape index (κ1) is 12.3. The van der Waals surface area contributed by atoms with Crippen LogP contribution >= 0.6 is 0 Å². The number of hydrogen-bond acceptors (Lipinski definition) is 6. The van der Waals surface area contributed by atoms with Crippen molar-refractivity contribution in [3.63, 3.8) is 0 Å². The summed E-state index contributed by atoms with van der Waals surface area (Å²) in [7, 11) is 1.16. The van der Waals surface area contributed by atoms with Gasteiger partial charge >= 0.3 is 5.97 Å². The van der Waals surface area contributed by atoms with Gasteiger partial charge in [-0.3, -0.25) is 0 Å². The Labute approximate surface area is 101 Å². The highest BCUT2D eigenvalue weighted by Crippen LogP contribution is 2.30. The minimum atomic E-state index is -0.820. The van der Waals surface area contributed by atoms with Crippen LogP contribution in [0.2, 0.25) is 0 Å². The number of halogens is 1. The van der Waals surface area contributed by atoms with E-state index in [0.717, 1.165) is 13.2 Å². The van der Waals surface area contributed by atoms with E-state index in [1.54, 1.807) is 0 Å². The van der Waals surface area contributed by atoms with Crippen LogP contribution in [-0.2, 0) is 4.74 Å². The molecule has 0 aliphatic carbocycles. The van der Waals surface area contributed by atoms with E-state index < -0.39 is 11.8 Å². The summed E-state index contributed by atoms with van der Waals surface area (Å²) in [6.07, 6.45) is 0. The molecule has 0 radical (unpaired) electrons. The molecule has 2 rings (SSSR count). The van der Waals surface area contributed by atoms with Crippen LogP contribution < -0.4 is 10.5 Å². The van der Waals surface area contributed by atoms with Crippen LogP contribution in [0.1, 0.15) is 10.4 Å². The molecule has 0 unspecified atom stereocenters. The van der Waals surface area contributed by atoms with Gasteiger partial charge in [0.05, 0.1) is 7.11 Å². The van der Waals surface area contributed by atoms with Crippen molar-refractivity contribution in [1.82, 2.24) is 5.16 Å². The second-order valence-corrected chi connectivity index (χ2v) is 3.41. The quantitative estimate of drug-likeness (QED) is 0.822. The Morgan fingerprint density at radius 2 is 2.33 bits per heavy atom. The van der Waals surface area contributed by atoms with Gasteiger partial charge in [-0.2, -0.15) is 0 Å². The number of carbonyl (C=O) groups is 1. The van der Waals surface area contributed by atoms with Gasteiger partial charge in [0.15, 0.2) is 5.58 Å². The Balaban J connectivity index is 2.61. The first-order valence-electron chi connectivity index (χ1n) is 5.18. The SMILES string of the molecule is COC(=O)c1c(F)ccc2onc(OCCN)c12. The molecule has 18 heavy (non-hydrogen) atoms. The summed E-state index contributed by atoms with van der Waals surface area (Å²) in [5, 5.41) is 3.77. The van der Waals surface area contributed by atoms with E-state index in [1.807, 2.05) is 0 Å². The zero-order valence-corrected chi connectivity index (χ0v) is 9.60. The maximum atomic E-state index is 13.7. The fraction of sp³-hybridized carbons (Fsp3) is 0.273. The number of nitrogens with zero attached hydrogens (tertiary/aromatic N) is 1. The third kappa shape index (κ3) is 2.00. The number of methoxy groups -OCH3 is 1. The van der Waals surface area contributed by atoms with E-state index in [4.69, 9.17) is 15.0 Å². The van der Waals surface area contributed by atoms with Crippen LogP contribution in [0.25, 0.3) is 11.0 Å². The van der Waals surface area contributed by atoms with Crippen molar-refractivity contribution < 1.29 is 23.2 Å². The van der Waals surface area contributed by atoms with Gasteiger partial charge in [0.25, 0.3) is 5.88 Å². The number of esters is 1. The van der Waals surface area contributed by atoms with E-state index in [1.165, 1.54) is 6.07 Å². The van der Waals surface area contributed by atoms with Crippen molar-refractivity contribution in [3.05, 3.63) is 23.5 Å². The molecule has 0 aliphatic heterocycles. The Morgan fingerprint density at radius 1 is 1.56 bits per heavy atom. The average Bonchev–Trinajstić information content (AvgIpc) is 2.78. The summed E-state index contributed by atoms with van der Waals surface area (Å²) in [5.74, 6) is -1.52. The fourth-order valence-electron chi connectivity index (χ4n) is 1.54. The van der Waals surface area contributed by atoms with Gasteiger partial charge in [-0.1, -0.05) is 0 Å². The van der Waals surface area contributed by atoms with Crippen LogP contribution in [0.3, 0.4) is 0 Å². The molecular formula is C11H11FN2O4. The van der Waals surface area contributed by atoms with Crippen molar-refractivity contribution in [2.24, 2.45) is 5.73 Å². The maximum absolute atomic E-state index is 13.7. The number of benzene rings is 1. The number of carbonyl (C=O) groups excluding carboxylic acids is 1. The van der Waals surface area contributed by atoms with Crippen molar-refractivity contribution in [2.45, 2.75) is 0 Å². The smallest absolute Gasteiger partial charge is 0.341 e. The van der Waals surface area contributed by atoms with E-state index in [2.05, 4.69) is 9.89 Å². The molecule has 2 N–H and O–H groups in total. The van der Waals surface area contributed by atoms with E-state index in [-0.39, 0.29) is 35.6 Å². The monoisotopic (exact) mass is 254 g/mol. The van der Waals surface area contributed by atoms with E-state index in [0.29, 0.717) is 0 Å². The molecule has 2 aromatic rings. The molecule has 0 saturated carbocycles. The van der Waals surface area contributed by atoms with Crippen LogP contribution in [0.5, 0.6) is 5.88 Å². The molecule has 6 nitrogen and oxygen atoms in total. The molecule has 0 spiro atoms. The predicted octanol–water partition coefficient (Wildman–Crippen LogP) is 1.09. The third-order valence-electron chi connectivity index (χ3n) is 2.30. The lowest BCUT2D eigenvalue weighted by atomic mass is 10.1. The maximum Gasteiger partial charge on any atom is 0.341 e. The van der Waals surface area contributed by atoms with Gasteiger partial charge in [-0.15, -0.1) is 0 Å². The average molecular weight is 254 g/mol. The summed E-state index contributed by atoms with van der Waals surface area (Å²) in [5.41, 5.74) is 5.27. The number of ether oxygens (including phenoxy) is 2. The van der Waals surface area contributed by atoms with Crippen molar-refractivity contribution in [3.8, 4) is 5.88 Å². The number of aromatic nitrogens is 1. The second kappa shape index (κ2) is 5.01. The lowest BCUT2D eigenvalue weighted by molar-refractivity contribution is 0.0597. The number of hydrogen-bond donors (Lipinski definition) is 1. The van der Waals surface area contributed by atoms with Crippen LogP contribution in [0.15, 0.2) is 16.7 Å². The summed E-state index contributed by atoms with van der Waals surface area (Å²) in [6, 6.07) is 2.46. The molecule has 7 heteroatoms. The molecule has 0 aliphatic rings. The Bertz CT molecular complexity index is 582. The van der Waals surface area contributed by atoms with Crippen LogP contribution in [0, 0.1) is 5.82 Å². The first-order chi connectivity index (χ1) is 8.69. The molecule has 0 amide bonds. The molecule has 1 heterocycles. The highest BCUT2D eigenvalue weighted by molar-refractivity contribution is 6.05. The zero-order chi connectivity index (χ0) is 13.1. The molecule has 0 saturated heterocycles. The fourth-order valence-corrected chi connectivity index (χ4v) is 1.54.